The highest BCUT2D eigenvalue weighted by Crippen LogP contribution is 2.28. The highest BCUT2D eigenvalue weighted by atomic mass is 16.4. The van der Waals surface area contributed by atoms with Gasteiger partial charge in [0.15, 0.2) is 6.10 Å². The van der Waals surface area contributed by atoms with E-state index >= 15 is 0 Å². The Balaban J connectivity index is 3.11. The quantitative estimate of drug-likeness (QED) is 0.684. The second-order valence-corrected chi connectivity index (χ2v) is 3.38. The van der Waals surface area contributed by atoms with Gasteiger partial charge in [-0.3, -0.25) is 0 Å². The predicted molar refractivity (Wildman–Crippen MR) is 54.3 cm³/mol. The standard InChI is InChI=1S/C11H14O4/c1-2-11(15,9(12)10(13)14)8-6-4-3-5-7-8/h3-7,9,12,15H,2H2,1H3,(H,13,14). The maximum absolute atomic E-state index is 10.7. The van der Waals surface area contributed by atoms with Crippen LogP contribution in [0.3, 0.4) is 0 Å². The van der Waals surface area contributed by atoms with E-state index in [2.05, 4.69) is 0 Å². The predicted octanol–water partition coefficient (Wildman–Crippen LogP) is 0.730. The highest BCUT2D eigenvalue weighted by molar-refractivity contribution is 5.74. The number of rotatable bonds is 4. The van der Waals surface area contributed by atoms with E-state index in [1.54, 1.807) is 37.3 Å². The Kier molecular flexibility index (Phi) is 3.44. The lowest BCUT2D eigenvalue weighted by atomic mass is 9.86. The molecule has 0 aliphatic carbocycles. The molecule has 0 saturated carbocycles. The van der Waals surface area contributed by atoms with Crippen molar-refractivity contribution in [2.75, 3.05) is 0 Å². The summed E-state index contributed by atoms with van der Waals surface area (Å²) in [5, 5.41) is 28.2. The normalized spacial score (nSPS) is 16.7. The third-order valence-corrected chi connectivity index (χ3v) is 2.50. The van der Waals surface area contributed by atoms with Gasteiger partial charge in [0, 0.05) is 0 Å². The minimum Gasteiger partial charge on any atom is -0.479 e. The SMILES string of the molecule is CCC(O)(c1ccccc1)C(O)C(=O)O. The van der Waals surface area contributed by atoms with Crippen LogP contribution < -0.4 is 0 Å². The molecule has 1 aromatic carbocycles. The summed E-state index contributed by atoms with van der Waals surface area (Å²) in [5.41, 5.74) is -1.32. The first-order valence-corrected chi connectivity index (χ1v) is 4.71. The molecule has 0 radical (unpaired) electrons. The van der Waals surface area contributed by atoms with E-state index in [0.29, 0.717) is 5.56 Å². The first-order chi connectivity index (χ1) is 7.02. The number of hydrogen-bond acceptors (Lipinski definition) is 3. The van der Waals surface area contributed by atoms with E-state index < -0.39 is 17.7 Å². The van der Waals surface area contributed by atoms with E-state index in [1.165, 1.54) is 0 Å². The second kappa shape index (κ2) is 4.42. The van der Waals surface area contributed by atoms with Crippen LogP contribution in [0, 0.1) is 0 Å². The molecule has 0 aliphatic heterocycles. The third kappa shape index (κ3) is 2.16. The van der Waals surface area contributed by atoms with Crippen LogP contribution in [-0.2, 0) is 10.4 Å². The third-order valence-electron chi connectivity index (χ3n) is 2.50. The summed E-state index contributed by atoms with van der Waals surface area (Å²) in [6.07, 6.45) is -1.69. The zero-order chi connectivity index (χ0) is 11.5. The number of carboxylic acids is 1. The molecule has 4 nitrogen and oxygen atoms in total. The van der Waals surface area contributed by atoms with Crippen molar-refractivity contribution in [2.45, 2.75) is 25.0 Å². The Morgan fingerprint density at radius 1 is 1.40 bits per heavy atom. The largest absolute Gasteiger partial charge is 0.479 e. The van der Waals surface area contributed by atoms with Crippen molar-refractivity contribution in [2.24, 2.45) is 0 Å². The average Bonchev–Trinajstić information content (AvgIpc) is 2.28. The smallest absolute Gasteiger partial charge is 0.335 e. The van der Waals surface area contributed by atoms with Gasteiger partial charge in [0.2, 0.25) is 0 Å². The number of aliphatic hydroxyl groups excluding tert-OH is 1. The van der Waals surface area contributed by atoms with E-state index in [0.717, 1.165) is 0 Å². The van der Waals surface area contributed by atoms with Crippen LogP contribution in [0.2, 0.25) is 0 Å². The van der Waals surface area contributed by atoms with Crippen LogP contribution in [0.4, 0.5) is 0 Å². The lowest BCUT2D eigenvalue weighted by molar-refractivity contribution is -0.165. The van der Waals surface area contributed by atoms with Crippen molar-refractivity contribution in [3.05, 3.63) is 35.9 Å². The van der Waals surface area contributed by atoms with Gasteiger partial charge in [0.1, 0.15) is 5.60 Å². The van der Waals surface area contributed by atoms with Crippen molar-refractivity contribution in [1.82, 2.24) is 0 Å². The molecule has 4 heteroatoms. The van der Waals surface area contributed by atoms with Gasteiger partial charge in [-0.2, -0.15) is 0 Å². The molecule has 0 fully saturated rings. The fourth-order valence-corrected chi connectivity index (χ4v) is 1.49. The van der Waals surface area contributed by atoms with Crippen molar-refractivity contribution >= 4 is 5.97 Å². The Morgan fingerprint density at radius 2 is 1.93 bits per heavy atom. The lowest BCUT2D eigenvalue weighted by Gasteiger charge is -2.29. The molecule has 0 amide bonds. The molecule has 2 unspecified atom stereocenters. The van der Waals surface area contributed by atoms with E-state index in [4.69, 9.17) is 5.11 Å². The molecule has 1 rings (SSSR count). The summed E-state index contributed by atoms with van der Waals surface area (Å²) in [6, 6.07) is 8.31. The molecule has 1 aromatic rings. The Bertz CT molecular complexity index is 336. The van der Waals surface area contributed by atoms with Gasteiger partial charge in [-0.05, 0) is 12.0 Å². The zero-order valence-corrected chi connectivity index (χ0v) is 8.42. The summed E-state index contributed by atoms with van der Waals surface area (Å²) < 4.78 is 0. The first kappa shape index (κ1) is 11.7. The summed E-state index contributed by atoms with van der Waals surface area (Å²) in [7, 11) is 0. The van der Waals surface area contributed by atoms with Crippen molar-refractivity contribution in [1.29, 1.82) is 0 Å². The molecule has 0 spiro atoms. The summed E-state index contributed by atoms with van der Waals surface area (Å²) in [5.74, 6) is -1.43. The van der Waals surface area contributed by atoms with E-state index in [9.17, 15) is 15.0 Å². The molecule has 0 aromatic heterocycles. The summed E-state index contributed by atoms with van der Waals surface area (Å²) in [6.45, 7) is 1.62. The molecule has 82 valence electrons. The monoisotopic (exact) mass is 210 g/mol. The maximum atomic E-state index is 10.7. The maximum Gasteiger partial charge on any atom is 0.335 e. The Labute approximate surface area is 87.8 Å². The van der Waals surface area contributed by atoms with E-state index in [-0.39, 0.29) is 6.42 Å². The van der Waals surface area contributed by atoms with Gasteiger partial charge in [0.25, 0.3) is 0 Å². The zero-order valence-electron chi connectivity index (χ0n) is 8.42. The number of carbonyl (C=O) groups is 1. The molecular weight excluding hydrogens is 196 g/mol. The summed E-state index contributed by atoms with van der Waals surface area (Å²) in [4.78, 5) is 10.7. The van der Waals surface area contributed by atoms with Gasteiger partial charge in [-0.1, -0.05) is 37.3 Å². The van der Waals surface area contributed by atoms with Crippen LogP contribution in [-0.4, -0.2) is 27.4 Å². The second-order valence-electron chi connectivity index (χ2n) is 3.38. The molecule has 2 atom stereocenters. The van der Waals surface area contributed by atoms with Crippen molar-refractivity contribution in [3.8, 4) is 0 Å². The van der Waals surface area contributed by atoms with Crippen molar-refractivity contribution in [3.63, 3.8) is 0 Å². The van der Waals surface area contributed by atoms with Crippen molar-refractivity contribution < 1.29 is 20.1 Å². The van der Waals surface area contributed by atoms with Crippen LogP contribution in [0.15, 0.2) is 30.3 Å². The minimum absolute atomic E-state index is 0.129. The van der Waals surface area contributed by atoms with E-state index in [1.807, 2.05) is 0 Å². The van der Waals surface area contributed by atoms with Crippen LogP contribution >= 0.6 is 0 Å². The lowest BCUT2D eigenvalue weighted by Crippen LogP contribution is -2.44. The minimum atomic E-state index is -1.81. The number of carboxylic acid groups (broad SMARTS) is 1. The average molecular weight is 210 g/mol. The van der Waals surface area contributed by atoms with Gasteiger partial charge < -0.3 is 15.3 Å². The molecule has 0 aliphatic rings. The first-order valence-electron chi connectivity index (χ1n) is 4.71. The van der Waals surface area contributed by atoms with Gasteiger partial charge in [0.05, 0.1) is 0 Å². The fourth-order valence-electron chi connectivity index (χ4n) is 1.49. The molecular formula is C11H14O4. The van der Waals surface area contributed by atoms with Crippen LogP contribution in [0.25, 0.3) is 0 Å². The fraction of sp³-hybridized carbons (Fsp3) is 0.364. The number of aliphatic hydroxyl groups is 2. The molecule has 3 N–H and O–H groups in total. The van der Waals surface area contributed by atoms with Gasteiger partial charge >= 0.3 is 5.97 Å². The highest BCUT2D eigenvalue weighted by Gasteiger charge is 2.40. The molecule has 0 heterocycles. The number of aliphatic carboxylic acids is 1. The van der Waals surface area contributed by atoms with Crippen LogP contribution in [0.5, 0.6) is 0 Å². The van der Waals surface area contributed by atoms with Gasteiger partial charge in [-0.25, -0.2) is 4.79 Å². The number of hydrogen-bond donors (Lipinski definition) is 3. The molecule has 15 heavy (non-hydrogen) atoms. The topological polar surface area (TPSA) is 77.8 Å². The Hall–Kier alpha value is -1.39. The number of benzene rings is 1. The van der Waals surface area contributed by atoms with Gasteiger partial charge in [-0.15, -0.1) is 0 Å². The Morgan fingerprint density at radius 3 is 2.33 bits per heavy atom. The van der Waals surface area contributed by atoms with Crippen LogP contribution in [0.1, 0.15) is 18.9 Å². The molecule has 0 saturated heterocycles. The summed E-state index contributed by atoms with van der Waals surface area (Å²) >= 11 is 0. The molecule has 0 bridgehead atoms.